The van der Waals surface area contributed by atoms with Crippen LogP contribution in [0.3, 0.4) is 0 Å². The van der Waals surface area contributed by atoms with Gasteiger partial charge in [0.25, 0.3) is 0 Å². The van der Waals surface area contributed by atoms with Crippen LogP contribution in [0, 0.1) is 0 Å². The minimum atomic E-state index is -1.23. The summed E-state index contributed by atoms with van der Waals surface area (Å²) in [6, 6.07) is 0. The molecule has 0 atom stereocenters. The number of carbonyl (C=O) groups is 1. The molecule has 0 aliphatic carbocycles. The van der Waals surface area contributed by atoms with Gasteiger partial charge in [0.2, 0.25) is 0 Å². The summed E-state index contributed by atoms with van der Waals surface area (Å²) in [6.07, 6.45) is 16.9. The van der Waals surface area contributed by atoms with Crippen LogP contribution in [0.4, 0.5) is 0 Å². The van der Waals surface area contributed by atoms with Crippen molar-refractivity contribution >= 4 is 13.2 Å². The molecule has 4 nitrogen and oxygen atoms in total. The van der Waals surface area contributed by atoms with E-state index in [2.05, 4.69) is 20.8 Å². The fourth-order valence-corrected chi connectivity index (χ4v) is 10.4. The summed E-state index contributed by atoms with van der Waals surface area (Å²) in [7, 11) is -1.23. The van der Waals surface area contributed by atoms with Gasteiger partial charge < -0.3 is 0 Å². The molecule has 1 rings (SSSR count). The second-order valence-electron chi connectivity index (χ2n) is 9.31. The molecule has 0 spiro atoms. The van der Waals surface area contributed by atoms with Gasteiger partial charge in [-0.25, -0.2) is 0 Å². The molecule has 1 aliphatic heterocycles. The number of carbonyl (C=O) groups excluding carboxylic acids is 1. The van der Waals surface area contributed by atoms with Gasteiger partial charge in [-0.1, -0.05) is 0 Å². The van der Waals surface area contributed by atoms with Gasteiger partial charge in [-0.2, -0.15) is 0 Å². The molecular weight excluding hydrogens is 383 g/mol. The van der Waals surface area contributed by atoms with Crippen molar-refractivity contribution < 1.29 is 19.0 Å². The number of ether oxygens (including phenoxy) is 3. The average molecular weight is 433 g/mol. The van der Waals surface area contributed by atoms with Crippen LogP contribution in [0.1, 0.15) is 98.8 Å². The van der Waals surface area contributed by atoms with Crippen molar-refractivity contribution in [2.75, 3.05) is 37.9 Å². The van der Waals surface area contributed by atoms with Gasteiger partial charge in [0.15, 0.2) is 0 Å². The second-order valence-corrected chi connectivity index (χ2v) is 14.3. The van der Waals surface area contributed by atoms with Crippen molar-refractivity contribution in [3.8, 4) is 0 Å². The summed E-state index contributed by atoms with van der Waals surface area (Å²) < 4.78 is 17.4. The van der Waals surface area contributed by atoms with E-state index in [1.165, 1.54) is 69.6 Å². The molecule has 0 aromatic heterocycles. The molecule has 0 saturated carbocycles. The van der Waals surface area contributed by atoms with Crippen LogP contribution in [-0.4, -0.2) is 55.7 Å². The first-order valence-electron chi connectivity index (χ1n) is 12.4. The van der Waals surface area contributed by atoms with E-state index in [4.69, 9.17) is 14.2 Å². The molecule has 0 aromatic rings. The molecule has 0 radical (unpaired) electrons. The molecule has 0 N–H and O–H groups in total. The zero-order valence-corrected chi connectivity index (χ0v) is 21.0. The van der Waals surface area contributed by atoms with Crippen LogP contribution >= 0.6 is 7.26 Å². The molecule has 1 saturated heterocycles. The summed E-state index contributed by atoms with van der Waals surface area (Å²) in [6.45, 7) is 12.0. The van der Waals surface area contributed by atoms with Crippen molar-refractivity contribution in [1.82, 2.24) is 0 Å². The van der Waals surface area contributed by atoms with Gasteiger partial charge in [-0.15, -0.1) is 0 Å². The molecule has 0 unspecified atom stereocenters. The summed E-state index contributed by atoms with van der Waals surface area (Å²) in [5.74, 6) is -0.702. The number of rotatable bonds is 17. The quantitative estimate of drug-likeness (QED) is 0.197. The third kappa shape index (κ3) is 10.6. The van der Waals surface area contributed by atoms with E-state index in [1.54, 1.807) is 0 Å². The van der Waals surface area contributed by atoms with Gasteiger partial charge in [-0.3, -0.25) is 0 Å². The molecule has 0 bridgehead atoms. The molecule has 1 fully saturated rings. The van der Waals surface area contributed by atoms with Crippen molar-refractivity contribution in [3.05, 3.63) is 0 Å². The normalized spacial score (nSPS) is 17.0. The maximum atomic E-state index is 12.0. The number of esters is 1. The molecule has 174 valence electrons. The van der Waals surface area contributed by atoms with Crippen LogP contribution < -0.4 is 0 Å². The Hall–Kier alpha value is -0.180. The monoisotopic (exact) mass is 432 g/mol. The maximum absolute atomic E-state index is 12.0. The van der Waals surface area contributed by atoms with Crippen LogP contribution in [0.25, 0.3) is 0 Å². The third-order valence-corrected chi connectivity index (χ3v) is 12.0. The topological polar surface area (TPSA) is 44.8 Å². The molecule has 5 heteroatoms. The fraction of sp³-hybridized carbons (Fsp3) is 0.958. The Morgan fingerprint density at radius 2 is 1.34 bits per heavy atom. The van der Waals surface area contributed by atoms with Gasteiger partial charge in [0.05, 0.1) is 0 Å². The molecule has 0 aromatic carbocycles. The zero-order valence-electron chi connectivity index (χ0n) is 20.0. The van der Waals surface area contributed by atoms with E-state index in [0.29, 0.717) is 26.1 Å². The Labute approximate surface area is 181 Å². The Balaban J connectivity index is 2.67. The van der Waals surface area contributed by atoms with E-state index in [0.717, 1.165) is 6.42 Å². The SMILES string of the molecule is CCCC[PH](CCCC)(CCCC)CCCC1(CCC(=O)OC(C)C)OCCO1. The standard InChI is InChI=1S/C24H49O4P/c1-6-9-18-29(19-10-7-2,20-11-8-3)21-12-14-24(26-16-17-27-24)15-13-23(25)28-22(4)5/h22,29H,6-21H2,1-5H3. The van der Waals surface area contributed by atoms with E-state index in [9.17, 15) is 4.79 Å². The Morgan fingerprint density at radius 1 is 0.862 bits per heavy atom. The summed E-state index contributed by atoms with van der Waals surface area (Å²) in [5.41, 5.74) is 0. The number of hydrogen-bond donors (Lipinski definition) is 0. The molecule has 1 aliphatic rings. The number of hydrogen-bond acceptors (Lipinski definition) is 4. The second kappa shape index (κ2) is 14.8. The third-order valence-electron chi connectivity index (χ3n) is 6.34. The van der Waals surface area contributed by atoms with E-state index in [1.807, 2.05) is 13.8 Å². The van der Waals surface area contributed by atoms with E-state index >= 15 is 0 Å². The van der Waals surface area contributed by atoms with E-state index < -0.39 is 13.0 Å². The summed E-state index contributed by atoms with van der Waals surface area (Å²) in [5, 5.41) is 0. The van der Waals surface area contributed by atoms with Crippen molar-refractivity contribution in [3.63, 3.8) is 0 Å². The zero-order chi connectivity index (χ0) is 21.6. The van der Waals surface area contributed by atoms with Crippen LogP contribution in [0.15, 0.2) is 0 Å². The Bertz CT molecular complexity index is 411. The number of unbranched alkanes of at least 4 members (excludes halogenated alkanes) is 3. The van der Waals surface area contributed by atoms with Crippen molar-refractivity contribution in [1.29, 1.82) is 0 Å². The van der Waals surface area contributed by atoms with Gasteiger partial charge in [0, 0.05) is 0 Å². The molecule has 1 heterocycles. The van der Waals surface area contributed by atoms with Crippen LogP contribution in [0.2, 0.25) is 0 Å². The minimum absolute atomic E-state index is 0.0637. The molecular formula is C24H49O4P. The van der Waals surface area contributed by atoms with E-state index in [-0.39, 0.29) is 12.1 Å². The fourth-order valence-electron chi connectivity index (χ4n) is 4.66. The summed E-state index contributed by atoms with van der Waals surface area (Å²) in [4.78, 5) is 12.0. The van der Waals surface area contributed by atoms with Crippen molar-refractivity contribution in [2.45, 2.75) is 111 Å². The van der Waals surface area contributed by atoms with Crippen LogP contribution in [-0.2, 0) is 19.0 Å². The first-order chi connectivity index (χ1) is 13.9. The van der Waals surface area contributed by atoms with Gasteiger partial charge in [0.1, 0.15) is 0 Å². The Morgan fingerprint density at radius 3 is 1.79 bits per heavy atom. The predicted octanol–water partition coefficient (Wildman–Crippen LogP) is 6.39. The Kier molecular flexibility index (Phi) is 13.7. The predicted molar refractivity (Wildman–Crippen MR) is 127 cm³/mol. The first-order valence-corrected chi connectivity index (χ1v) is 15.2. The van der Waals surface area contributed by atoms with Gasteiger partial charge in [-0.05, 0) is 0 Å². The summed E-state index contributed by atoms with van der Waals surface area (Å²) >= 11 is 0. The van der Waals surface area contributed by atoms with Crippen LogP contribution in [0.5, 0.6) is 0 Å². The first kappa shape index (κ1) is 26.9. The molecule has 0 amide bonds. The van der Waals surface area contributed by atoms with Gasteiger partial charge >= 0.3 is 181 Å². The average Bonchev–Trinajstić information content (AvgIpc) is 3.16. The van der Waals surface area contributed by atoms with Crippen molar-refractivity contribution in [2.24, 2.45) is 0 Å². The molecule has 29 heavy (non-hydrogen) atoms.